The zero-order valence-electron chi connectivity index (χ0n) is 19.5. The number of rotatable bonds is 0. The van der Waals surface area contributed by atoms with Crippen molar-refractivity contribution in [1.82, 2.24) is 5.32 Å². The van der Waals surface area contributed by atoms with Crippen LogP contribution in [0.4, 0.5) is 0 Å². The Kier molecular flexibility index (Phi) is 4.55. The number of ether oxygens (including phenoxy) is 2. The average molecular weight is 418 g/mol. The first kappa shape index (κ1) is 20.4. The predicted molar refractivity (Wildman–Crippen MR) is 117 cm³/mol. The van der Waals surface area contributed by atoms with E-state index in [1.54, 1.807) is 0 Å². The Morgan fingerprint density at radius 2 is 1.80 bits per heavy atom. The predicted octanol–water partition coefficient (Wildman–Crippen LogP) is 4.36. The molecule has 170 valence electrons. The summed E-state index contributed by atoms with van der Waals surface area (Å²) in [6, 6.07) is 0.622. The molecule has 1 spiro atoms. The molecule has 2 N–H and O–H groups in total. The van der Waals surface area contributed by atoms with Gasteiger partial charge < -0.3 is 19.9 Å². The van der Waals surface area contributed by atoms with Gasteiger partial charge >= 0.3 is 0 Å². The highest BCUT2D eigenvalue weighted by molar-refractivity contribution is 5.17. The summed E-state index contributed by atoms with van der Waals surface area (Å²) >= 11 is 0. The number of aliphatic hydroxyl groups excluding tert-OH is 1. The van der Waals surface area contributed by atoms with Crippen LogP contribution in [0.3, 0.4) is 0 Å². The largest absolute Gasteiger partial charge is 0.393 e. The van der Waals surface area contributed by atoms with Gasteiger partial charge in [0.05, 0.1) is 18.8 Å². The van der Waals surface area contributed by atoms with Gasteiger partial charge in [-0.3, -0.25) is 0 Å². The van der Waals surface area contributed by atoms with Gasteiger partial charge in [-0.25, -0.2) is 0 Å². The Morgan fingerprint density at radius 1 is 0.967 bits per heavy atom. The molecular formula is C26H43NO3. The maximum absolute atomic E-state index is 10.3. The second-order valence-electron chi connectivity index (χ2n) is 12.8. The number of hydrogen-bond acceptors (Lipinski definition) is 4. The zero-order valence-corrected chi connectivity index (χ0v) is 19.5. The molecule has 0 unspecified atom stereocenters. The van der Waals surface area contributed by atoms with Crippen molar-refractivity contribution >= 4 is 0 Å². The second-order valence-corrected chi connectivity index (χ2v) is 12.8. The van der Waals surface area contributed by atoms with Gasteiger partial charge in [-0.05, 0) is 85.4 Å². The van der Waals surface area contributed by atoms with Crippen LogP contribution >= 0.6 is 0 Å². The van der Waals surface area contributed by atoms with E-state index in [2.05, 4.69) is 33.0 Å². The van der Waals surface area contributed by atoms with Crippen LogP contribution in [0.15, 0.2) is 0 Å². The lowest BCUT2D eigenvalue weighted by Crippen LogP contribution is -2.65. The smallest absolute Gasteiger partial charge is 0.171 e. The molecule has 30 heavy (non-hydrogen) atoms. The van der Waals surface area contributed by atoms with E-state index in [1.807, 2.05) is 0 Å². The summed E-state index contributed by atoms with van der Waals surface area (Å²) in [7, 11) is 0. The first-order chi connectivity index (χ1) is 14.3. The highest BCUT2D eigenvalue weighted by Crippen LogP contribution is 2.67. The van der Waals surface area contributed by atoms with Crippen molar-refractivity contribution in [2.45, 2.75) is 103 Å². The first-order valence-electron chi connectivity index (χ1n) is 13.0. The number of fused-ring (bicyclic) bond motifs is 7. The molecule has 0 amide bonds. The van der Waals surface area contributed by atoms with Crippen molar-refractivity contribution in [2.24, 2.45) is 46.3 Å². The molecule has 0 aromatic heterocycles. The fourth-order valence-electron chi connectivity index (χ4n) is 9.69. The number of piperidine rings is 1. The topological polar surface area (TPSA) is 50.7 Å². The van der Waals surface area contributed by atoms with Gasteiger partial charge in [0, 0.05) is 24.9 Å². The highest BCUT2D eigenvalue weighted by Gasteiger charge is 2.69. The van der Waals surface area contributed by atoms with E-state index in [1.165, 1.54) is 32.1 Å². The molecule has 6 fully saturated rings. The van der Waals surface area contributed by atoms with Crippen molar-refractivity contribution in [3.05, 3.63) is 0 Å². The minimum Gasteiger partial charge on any atom is -0.393 e. The molecule has 3 saturated heterocycles. The Hall–Kier alpha value is -0.160. The molecule has 0 aromatic carbocycles. The average Bonchev–Trinajstić information content (AvgIpc) is 3.16. The van der Waals surface area contributed by atoms with Crippen molar-refractivity contribution in [3.8, 4) is 0 Å². The van der Waals surface area contributed by atoms with E-state index >= 15 is 0 Å². The fraction of sp³-hybridized carbons (Fsp3) is 1.00. The summed E-state index contributed by atoms with van der Waals surface area (Å²) in [5.74, 6) is 3.68. The summed E-state index contributed by atoms with van der Waals surface area (Å²) in [4.78, 5) is 0. The lowest BCUT2D eigenvalue weighted by Gasteiger charge is -2.61. The van der Waals surface area contributed by atoms with Crippen molar-refractivity contribution in [3.63, 3.8) is 0 Å². The van der Waals surface area contributed by atoms with E-state index in [-0.39, 0.29) is 11.9 Å². The van der Waals surface area contributed by atoms with Crippen LogP contribution in [-0.2, 0) is 9.47 Å². The van der Waals surface area contributed by atoms with Gasteiger partial charge in [-0.2, -0.15) is 0 Å². The summed E-state index contributed by atoms with van der Waals surface area (Å²) < 4.78 is 13.3. The number of aliphatic hydroxyl groups is 1. The second kappa shape index (κ2) is 6.68. The Bertz CT molecular complexity index is 690. The Labute approximate surface area is 182 Å². The lowest BCUT2D eigenvalue weighted by molar-refractivity contribution is -0.272. The van der Waals surface area contributed by atoms with Gasteiger partial charge in [0.2, 0.25) is 0 Å². The summed E-state index contributed by atoms with van der Waals surface area (Å²) in [6.07, 6.45) is 9.69. The molecule has 0 aromatic rings. The lowest BCUT2D eigenvalue weighted by atomic mass is 9.49. The van der Waals surface area contributed by atoms with Crippen LogP contribution in [-0.4, -0.2) is 42.3 Å². The molecule has 12 atom stereocenters. The van der Waals surface area contributed by atoms with Gasteiger partial charge in [0.1, 0.15) is 0 Å². The van der Waals surface area contributed by atoms with Crippen LogP contribution in [0.5, 0.6) is 0 Å². The van der Waals surface area contributed by atoms with E-state index < -0.39 is 0 Å². The van der Waals surface area contributed by atoms with Crippen molar-refractivity contribution in [1.29, 1.82) is 0 Å². The molecule has 6 rings (SSSR count). The molecule has 6 aliphatic rings. The van der Waals surface area contributed by atoms with Gasteiger partial charge in [-0.15, -0.1) is 0 Å². The van der Waals surface area contributed by atoms with E-state index in [0.717, 1.165) is 44.2 Å². The zero-order chi connectivity index (χ0) is 20.9. The minimum absolute atomic E-state index is 0.0667. The quantitative estimate of drug-likeness (QED) is 0.615. The summed E-state index contributed by atoms with van der Waals surface area (Å²) in [5.41, 5.74) is 0.677. The summed E-state index contributed by atoms with van der Waals surface area (Å²) in [6.45, 7) is 11.8. The molecule has 3 aliphatic carbocycles. The third kappa shape index (κ3) is 2.60. The highest BCUT2D eigenvalue weighted by atomic mass is 16.7. The van der Waals surface area contributed by atoms with Gasteiger partial charge in [0.15, 0.2) is 5.79 Å². The molecular weight excluding hydrogens is 374 g/mol. The molecule has 0 radical (unpaired) electrons. The van der Waals surface area contributed by atoms with E-state index in [9.17, 15) is 5.11 Å². The van der Waals surface area contributed by atoms with Gasteiger partial charge in [-0.1, -0.05) is 27.7 Å². The standard InChI is InChI=1S/C26H43NO3/c1-15-7-10-26(29-13-15)16(2)22-21(30-26)12-20-19-6-5-17-11-18(28)8-9-24(17,3)23(19)27-14-25(20,22)4/h15-23,27-28H,5-14H2,1-4H3/t15-,16-,17+,18-,19-,20-,21-,22-,23-,24-,25-,26+/m0/s1. The van der Waals surface area contributed by atoms with Crippen LogP contribution < -0.4 is 5.32 Å². The molecule has 0 bridgehead atoms. The maximum Gasteiger partial charge on any atom is 0.171 e. The molecule has 3 aliphatic heterocycles. The van der Waals surface area contributed by atoms with Crippen LogP contribution in [0.2, 0.25) is 0 Å². The maximum atomic E-state index is 10.3. The Balaban J connectivity index is 1.26. The van der Waals surface area contributed by atoms with Crippen LogP contribution in [0, 0.1) is 46.3 Å². The van der Waals surface area contributed by atoms with Crippen molar-refractivity contribution in [2.75, 3.05) is 13.2 Å². The molecule has 4 nitrogen and oxygen atoms in total. The third-order valence-electron chi connectivity index (χ3n) is 11.4. The normalized spacial score (nSPS) is 62.5. The Morgan fingerprint density at radius 3 is 2.57 bits per heavy atom. The monoisotopic (exact) mass is 417 g/mol. The van der Waals surface area contributed by atoms with E-state index in [4.69, 9.17) is 9.47 Å². The number of hydrogen-bond donors (Lipinski definition) is 2. The first-order valence-corrected chi connectivity index (χ1v) is 13.0. The SMILES string of the molecule is C[C@H]1CC[C@@]2(OC1)O[C@H]1C[C@H]3[C@@H]4CC[C@@H]5C[C@@H](O)CC[C@]5(C)[C@H]4NC[C@]3(C)[C@H]1[C@@H]2C. The summed E-state index contributed by atoms with van der Waals surface area (Å²) in [5, 5.41) is 14.4. The molecule has 4 heteroatoms. The van der Waals surface area contributed by atoms with Gasteiger partial charge in [0.25, 0.3) is 0 Å². The third-order valence-corrected chi connectivity index (χ3v) is 11.4. The van der Waals surface area contributed by atoms with Crippen LogP contribution in [0.25, 0.3) is 0 Å². The molecule has 3 heterocycles. The minimum atomic E-state index is -0.310. The number of nitrogens with one attached hydrogen (secondary N) is 1. The van der Waals surface area contributed by atoms with Crippen molar-refractivity contribution < 1.29 is 14.6 Å². The molecule has 3 saturated carbocycles. The van der Waals surface area contributed by atoms with Crippen LogP contribution in [0.1, 0.15) is 79.1 Å². The van der Waals surface area contributed by atoms with E-state index in [0.29, 0.717) is 46.6 Å². The fourth-order valence-corrected chi connectivity index (χ4v) is 9.69.